The molecule has 0 saturated carbocycles. The maximum Gasteiger partial charge on any atom is 0.338 e. The molecule has 2 heterocycles. The number of benzene rings is 1. The molecule has 0 atom stereocenters. The number of urea groups is 1. The van der Waals surface area contributed by atoms with Gasteiger partial charge in [-0.15, -0.1) is 0 Å². The average Bonchev–Trinajstić information content (AvgIpc) is 3.07. The first kappa shape index (κ1) is 17.4. The Labute approximate surface area is 145 Å². The molecule has 25 heavy (non-hydrogen) atoms. The molecular formula is C17H22N3O5+. The quantitative estimate of drug-likeness (QED) is 0.653. The molecule has 1 aromatic rings. The van der Waals surface area contributed by atoms with E-state index in [9.17, 15) is 14.4 Å². The number of morpholine rings is 1. The largest absolute Gasteiger partial charge is 0.452 e. The summed E-state index contributed by atoms with van der Waals surface area (Å²) in [5.41, 5.74) is 1.53. The van der Waals surface area contributed by atoms with Gasteiger partial charge in [0, 0.05) is 18.7 Å². The van der Waals surface area contributed by atoms with Crippen LogP contribution in [0.2, 0.25) is 0 Å². The minimum Gasteiger partial charge on any atom is -0.452 e. The molecule has 8 nitrogen and oxygen atoms in total. The second-order valence-electron chi connectivity index (χ2n) is 6.09. The average molecular weight is 348 g/mol. The smallest absolute Gasteiger partial charge is 0.338 e. The molecule has 0 aromatic heterocycles. The van der Waals surface area contributed by atoms with E-state index in [0.717, 1.165) is 43.3 Å². The van der Waals surface area contributed by atoms with Crippen molar-refractivity contribution in [2.45, 2.75) is 6.54 Å². The van der Waals surface area contributed by atoms with Crippen molar-refractivity contribution < 1.29 is 28.8 Å². The molecule has 0 spiro atoms. The molecule has 134 valence electrons. The third kappa shape index (κ3) is 4.55. The van der Waals surface area contributed by atoms with Gasteiger partial charge in [0.15, 0.2) is 6.61 Å². The van der Waals surface area contributed by atoms with Gasteiger partial charge < -0.3 is 19.7 Å². The zero-order valence-electron chi connectivity index (χ0n) is 14.0. The van der Waals surface area contributed by atoms with Crippen molar-refractivity contribution >= 4 is 17.9 Å². The van der Waals surface area contributed by atoms with Crippen molar-refractivity contribution in [3.05, 3.63) is 35.4 Å². The zero-order valence-corrected chi connectivity index (χ0v) is 14.0. The van der Waals surface area contributed by atoms with Gasteiger partial charge in [0.2, 0.25) is 0 Å². The summed E-state index contributed by atoms with van der Waals surface area (Å²) in [5.74, 6) is -1.09. The second kappa shape index (κ2) is 8.09. The highest BCUT2D eigenvalue weighted by Crippen LogP contribution is 2.06. The van der Waals surface area contributed by atoms with Crippen molar-refractivity contribution in [1.29, 1.82) is 0 Å². The van der Waals surface area contributed by atoms with E-state index in [4.69, 9.17) is 9.47 Å². The van der Waals surface area contributed by atoms with Gasteiger partial charge in [-0.3, -0.25) is 9.69 Å². The van der Waals surface area contributed by atoms with E-state index in [-0.39, 0.29) is 0 Å². The fourth-order valence-electron chi connectivity index (χ4n) is 2.88. The Bertz CT molecular complexity index is 640. The fourth-order valence-corrected chi connectivity index (χ4v) is 2.88. The third-order valence-corrected chi connectivity index (χ3v) is 4.33. The fraction of sp³-hybridized carbons (Fsp3) is 0.471. The number of imide groups is 1. The number of ether oxygens (including phenoxy) is 2. The highest BCUT2D eigenvalue weighted by molar-refractivity contribution is 5.98. The summed E-state index contributed by atoms with van der Waals surface area (Å²) in [4.78, 5) is 37.7. The summed E-state index contributed by atoms with van der Waals surface area (Å²) in [6.45, 7) is 4.70. The topological polar surface area (TPSA) is 89.4 Å². The lowest BCUT2D eigenvalue weighted by atomic mass is 10.1. The summed E-state index contributed by atoms with van der Waals surface area (Å²) >= 11 is 0. The monoisotopic (exact) mass is 348 g/mol. The van der Waals surface area contributed by atoms with Crippen LogP contribution in [-0.2, 0) is 20.8 Å². The van der Waals surface area contributed by atoms with Crippen LogP contribution in [-0.4, -0.2) is 68.8 Å². The third-order valence-electron chi connectivity index (χ3n) is 4.33. The van der Waals surface area contributed by atoms with E-state index in [2.05, 4.69) is 5.32 Å². The predicted octanol–water partition coefficient (Wildman–Crippen LogP) is -1.19. The van der Waals surface area contributed by atoms with Gasteiger partial charge in [0.05, 0.1) is 18.8 Å². The van der Waals surface area contributed by atoms with Crippen LogP contribution in [0.1, 0.15) is 15.9 Å². The first-order chi connectivity index (χ1) is 12.1. The van der Waals surface area contributed by atoms with Crippen LogP contribution in [0.5, 0.6) is 0 Å². The van der Waals surface area contributed by atoms with Crippen LogP contribution >= 0.6 is 0 Å². The Hall–Kier alpha value is -2.45. The predicted molar refractivity (Wildman–Crippen MR) is 87.1 cm³/mol. The van der Waals surface area contributed by atoms with Gasteiger partial charge in [0.25, 0.3) is 5.91 Å². The molecule has 8 heteroatoms. The van der Waals surface area contributed by atoms with Crippen molar-refractivity contribution in [2.24, 2.45) is 0 Å². The Kier molecular flexibility index (Phi) is 5.62. The summed E-state index contributed by atoms with van der Waals surface area (Å²) in [7, 11) is 0. The normalized spacial score (nSPS) is 18.1. The van der Waals surface area contributed by atoms with Crippen LogP contribution in [0.15, 0.2) is 24.3 Å². The minimum absolute atomic E-state index is 0.299. The van der Waals surface area contributed by atoms with Crippen molar-refractivity contribution in [3.63, 3.8) is 0 Å². The number of esters is 1. The Morgan fingerprint density at radius 2 is 1.92 bits per heavy atom. The van der Waals surface area contributed by atoms with Crippen LogP contribution in [0, 0.1) is 0 Å². The number of carbonyl (C=O) groups excluding carboxylic acids is 3. The van der Waals surface area contributed by atoms with Crippen molar-refractivity contribution in [3.8, 4) is 0 Å². The molecule has 2 fully saturated rings. The van der Waals surface area contributed by atoms with Crippen LogP contribution in [0.4, 0.5) is 4.79 Å². The number of rotatable bonds is 5. The summed E-state index contributed by atoms with van der Waals surface area (Å²) in [6.07, 6.45) is 0. The van der Waals surface area contributed by atoms with Gasteiger partial charge in [-0.1, -0.05) is 12.1 Å². The Morgan fingerprint density at radius 3 is 2.56 bits per heavy atom. The highest BCUT2D eigenvalue weighted by atomic mass is 16.5. The maximum atomic E-state index is 12.0. The molecule has 0 bridgehead atoms. The molecule has 3 amide bonds. The lowest BCUT2D eigenvalue weighted by molar-refractivity contribution is -0.921. The summed E-state index contributed by atoms with van der Waals surface area (Å²) in [5, 5.41) is 2.53. The number of hydrogen-bond donors (Lipinski definition) is 2. The summed E-state index contributed by atoms with van der Waals surface area (Å²) in [6, 6.07) is 6.75. The van der Waals surface area contributed by atoms with Crippen LogP contribution in [0.3, 0.4) is 0 Å². The van der Waals surface area contributed by atoms with Crippen molar-refractivity contribution in [2.75, 3.05) is 46.0 Å². The van der Waals surface area contributed by atoms with Gasteiger partial charge in [-0.2, -0.15) is 0 Å². The number of amides is 3. The van der Waals surface area contributed by atoms with Crippen molar-refractivity contribution in [1.82, 2.24) is 10.2 Å². The molecule has 0 aliphatic carbocycles. The lowest BCUT2D eigenvalue weighted by Crippen LogP contribution is -3.12. The van der Waals surface area contributed by atoms with Crippen LogP contribution < -0.4 is 10.2 Å². The van der Waals surface area contributed by atoms with E-state index in [0.29, 0.717) is 18.7 Å². The number of nitrogens with one attached hydrogen (secondary N) is 2. The SMILES string of the molecule is O=C(OCC(=O)N1CCNC1=O)c1ccc(C[NH+]2CCOCC2)cc1. The van der Waals surface area contributed by atoms with Gasteiger partial charge in [-0.25, -0.2) is 9.59 Å². The first-order valence-electron chi connectivity index (χ1n) is 8.39. The second-order valence-corrected chi connectivity index (χ2v) is 6.09. The van der Waals surface area contributed by atoms with E-state index in [1.165, 1.54) is 4.90 Å². The van der Waals surface area contributed by atoms with Gasteiger partial charge in [-0.05, 0) is 12.1 Å². The first-order valence-corrected chi connectivity index (χ1v) is 8.39. The molecule has 2 aliphatic rings. The maximum absolute atomic E-state index is 12.0. The molecule has 2 saturated heterocycles. The van der Waals surface area contributed by atoms with Gasteiger partial charge >= 0.3 is 12.0 Å². The minimum atomic E-state index is -0.571. The lowest BCUT2D eigenvalue weighted by Gasteiger charge is -2.23. The highest BCUT2D eigenvalue weighted by Gasteiger charge is 2.26. The molecule has 3 rings (SSSR count). The molecule has 2 aliphatic heterocycles. The molecular weight excluding hydrogens is 326 g/mol. The molecule has 0 unspecified atom stereocenters. The number of nitrogens with zero attached hydrogens (tertiary/aromatic N) is 1. The zero-order chi connectivity index (χ0) is 17.6. The Balaban J connectivity index is 1.48. The van der Waals surface area contributed by atoms with E-state index in [1.54, 1.807) is 12.1 Å². The van der Waals surface area contributed by atoms with E-state index < -0.39 is 24.5 Å². The summed E-state index contributed by atoms with van der Waals surface area (Å²) < 4.78 is 10.3. The molecule has 1 aromatic carbocycles. The standard InChI is InChI=1S/C17H21N3O5/c21-15(20-6-5-18-17(20)23)12-25-16(22)14-3-1-13(2-4-14)11-19-7-9-24-10-8-19/h1-4H,5-12H2,(H,18,23)/p+1. The number of quaternary nitrogens is 1. The van der Waals surface area contributed by atoms with Crippen LogP contribution in [0.25, 0.3) is 0 Å². The van der Waals surface area contributed by atoms with E-state index >= 15 is 0 Å². The molecule has 2 N–H and O–H groups in total. The Morgan fingerprint density at radius 1 is 1.20 bits per heavy atom. The van der Waals surface area contributed by atoms with Gasteiger partial charge in [0.1, 0.15) is 19.6 Å². The molecule has 0 radical (unpaired) electrons. The number of hydrogen-bond acceptors (Lipinski definition) is 5. The number of carbonyl (C=O) groups is 3. The van der Waals surface area contributed by atoms with E-state index in [1.807, 2.05) is 12.1 Å².